The van der Waals surface area contributed by atoms with Crippen molar-refractivity contribution >= 4 is 27.5 Å². The highest BCUT2D eigenvalue weighted by molar-refractivity contribution is 7.18. The normalized spacial score (nSPS) is 15.2. The number of carbonyl (C=O) groups excluding carboxylic acids is 1. The Morgan fingerprint density at radius 3 is 3.04 bits per heavy atom. The molecule has 0 aromatic carbocycles. The fourth-order valence-electron chi connectivity index (χ4n) is 3.20. The number of nitrogens with zero attached hydrogens (tertiary/aromatic N) is 2. The van der Waals surface area contributed by atoms with E-state index in [0.717, 1.165) is 29.5 Å². The van der Waals surface area contributed by atoms with Crippen LogP contribution in [0.2, 0.25) is 0 Å². The van der Waals surface area contributed by atoms with Gasteiger partial charge in [0.25, 0.3) is 5.56 Å². The van der Waals surface area contributed by atoms with Crippen LogP contribution < -0.4 is 10.9 Å². The lowest BCUT2D eigenvalue weighted by Crippen LogP contribution is -2.36. The summed E-state index contributed by atoms with van der Waals surface area (Å²) in [5.41, 5.74) is 1.17. The molecule has 6 nitrogen and oxygen atoms in total. The summed E-state index contributed by atoms with van der Waals surface area (Å²) in [4.78, 5) is 31.3. The van der Waals surface area contributed by atoms with Crippen molar-refractivity contribution in [3.63, 3.8) is 0 Å². The van der Waals surface area contributed by atoms with E-state index in [-0.39, 0.29) is 23.9 Å². The molecule has 1 N–H and O–H groups in total. The molecule has 0 saturated heterocycles. The number of carbonyl (C=O) groups is 1. The van der Waals surface area contributed by atoms with Crippen molar-refractivity contribution in [2.24, 2.45) is 0 Å². The number of ether oxygens (including phenoxy) is 1. The highest BCUT2D eigenvalue weighted by atomic mass is 32.1. The summed E-state index contributed by atoms with van der Waals surface area (Å²) < 4.78 is 6.56. The summed E-state index contributed by atoms with van der Waals surface area (Å²) in [7, 11) is 1.60. The average Bonchev–Trinajstić information content (AvgIpc) is 2.93. The lowest BCUT2D eigenvalue weighted by molar-refractivity contribution is -0.122. The van der Waals surface area contributed by atoms with Crippen LogP contribution in [0.15, 0.2) is 11.1 Å². The Bertz CT molecular complexity index is 796. The van der Waals surface area contributed by atoms with Gasteiger partial charge in [-0.2, -0.15) is 0 Å². The van der Waals surface area contributed by atoms with E-state index in [4.69, 9.17) is 4.74 Å². The SMILES string of the molecule is COC[C@@H](C)NC(=O)CCn1cnc2sc3c(c2c1=O)CCCC3. The summed E-state index contributed by atoms with van der Waals surface area (Å²) in [5, 5.41) is 3.62. The maximum Gasteiger partial charge on any atom is 0.262 e. The Balaban J connectivity index is 1.75. The monoisotopic (exact) mass is 349 g/mol. The van der Waals surface area contributed by atoms with Gasteiger partial charge in [-0.1, -0.05) is 0 Å². The van der Waals surface area contributed by atoms with Crippen LogP contribution in [0, 0.1) is 0 Å². The van der Waals surface area contributed by atoms with Crippen LogP contribution in [-0.2, 0) is 28.9 Å². The Morgan fingerprint density at radius 1 is 1.46 bits per heavy atom. The molecular weight excluding hydrogens is 326 g/mol. The third kappa shape index (κ3) is 3.52. The first-order valence-electron chi connectivity index (χ1n) is 8.38. The molecule has 2 heterocycles. The van der Waals surface area contributed by atoms with Gasteiger partial charge >= 0.3 is 0 Å². The molecule has 0 unspecified atom stereocenters. The third-order valence-electron chi connectivity index (χ3n) is 4.35. The van der Waals surface area contributed by atoms with Crippen LogP contribution in [0.3, 0.4) is 0 Å². The first kappa shape index (κ1) is 17.1. The van der Waals surface area contributed by atoms with Gasteiger partial charge in [0.1, 0.15) is 4.83 Å². The van der Waals surface area contributed by atoms with Crippen molar-refractivity contribution in [2.45, 2.75) is 51.6 Å². The zero-order chi connectivity index (χ0) is 17.1. The van der Waals surface area contributed by atoms with Gasteiger partial charge in [0, 0.05) is 31.0 Å². The number of rotatable bonds is 6. The summed E-state index contributed by atoms with van der Waals surface area (Å²) >= 11 is 1.64. The molecule has 3 rings (SSSR count). The van der Waals surface area contributed by atoms with E-state index in [1.807, 2.05) is 6.92 Å². The highest BCUT2D eigenvalue weighted by Gasteiger charge is 2.20. The lowest BCUT2D eigenvalue weighted by Gasteiger charge is -2.13. The van der Waals surface area contributed by atoms with Crippen molar-refractivity contribution in [2.75, 3.05) is 13.7 Å². The number of thiophene rings is 1. The minimum atomic E-state index is -0.0844. The van der Waals surface area contributed by atoms with Gasteiger partial charge in [0.15, 0.2) is 0 Å². The third-order valence-corrected chi connectivity index (χ3v) is 5.55. The molecule has 2 aromatic rings. The van der Waals surface area contributed by atoms with E-state index in [9.17, 15) is 9.59 Å². The molecule has 7 heteroatoms. The summed E-state index contributed by atoms with van der Waals surface area (Å²) in [6.45, 7) is 2.71. The van der Waals surface area contributed by atoms with Crippen LogP contribution in [0.1, 0.15) is 36.6 Å². The highest BCUT2D eigenvalue weighted by Crippen LogP contribution is 2.33. The summed E-state index contributed by atoms with van der Waals surface area (Å²) in [5.74, 6) is -0.0844. The molecule has 0 bridgehead atoms. The van der Waals surface area contributed by atoms with E-state index in [1.165, 1.54) is 16.9 Å². The van der Waals surface area contributed by atoms with Gasteiger partial charge in [0.2, 0.25) is 5.91 Å². The molecule has 0 saturated carbocycles. The van der Waals surface area contributed by atoms with E-state index < -0.39 is 0 Å². The largest absolute Gasteiger partial charge is 0.383 e. The Morgan fingerprint density at radius 2 is 2.25 bits per heavy atom. The second-order valence-electron chi connectivity index (χ2n) is 6.31. The van der Waals surface area contributed by atoms with E-state index >= 15 is 0 Å². The molecule has 0 radical (unpaired) electrons. The minimum Gasteiger partial charge on any atom is -0.383 e. The smallest absolute Gasteiger partial charge is 0.262 e. The maximum absolute atomic E-state index is 12.8. The number of methoxy groups -OCH3 is 1. The average molecular weight is 349 g/mol. The standard InChI is InChI=1S/C17H23N3O3S/c1-11(9-23-2)19-14(21)7-8-20-10-18-16-15(17(20)22)12-5-3-4-6-13(12)24-16/h10-11H,3-9H2,1-2H3,(H,19,21)/t11-/m1/s1. The molecule has 1 amide bonds. The second-order valence-corrected chi connectivity index (χ2v) is 7.39. The molecule has 2 aromatic heterocycles. The molecule has 1 aliphatic carbocycles. The van der Waals surface area contributed by atoms with Gasteiger partial charge in [0.05, 0.1) is 18.3 Å². The number of amides is 1. The topological polar surface area (TPSA) is 73.2 Å². The molecule has 1 aliphatic rings. The molecular formula is C17H23N3O3S. The predicted octanol–water partition coefficient (Wildman–Crippen LogP) is 1.88. The molecule has 0 spiro atoms. The number of hydrogen-bond donors (Lipinski definition) is 1. The molecule has 0 aliphatic heterocycles. The van der Waals surface area contributed by atoms with Crippen molar-refractivity contribution in [1.29, 1.82) is 0 Å². The van der Waals surface area contributed by atoms with E-state index in [0.29, 0.717) is 13.2 Å². The first-order chi connectivity index (χ1) is 11.6. The fourth-order valence-corrected chi connectivity index (χ4v) is 4.42. The number of hydrogen-bond acceptors (Lipinski definition) is 5. The summed E-state index contributed by atoms with van der Waals surface area (Å²) in [6.07, 6.45) is 6.16. The molecule has 24 heavy (non-hydrogen) atoms. The van der Waals surface area contributed by atoms with E-state index in [1.54, 1.807) is 29.3 Å². The van der Waals surface area contributed by atoms with Gasteiger partial charge in [-0.3, -0.25) is 14.2 Å². The Hall–Kier alpha value is -1.73. The zero-order valence-electron chi connectivity index (χ0n) is 14.1. The van der Waals surface area contributed by atoms with Crippen molar-refractivity contribution in [1.82, 2.24) is 14.9 Å². The van der Waals surface area contributed by atoms with Crippen molar-refractivity contribution < 1.29 is 9.53 Å². The van der Waals surface area contributed by atoms with Crippen molar-refractivity contribution in [3.05, 3.63) is 27.1 Å². The van der Waals surface area contributed by atoms with Crippen LogP contribution in [-0.4, -0.2) is 35.2 Å². The number of fused-ring (bicyclic) bond motifs is 3. The van der Waals surface area contributed by atoms with Crippen LogP contribution in [0.5, 0.6) is 0 Å². The predicted molar refractivity (Wildman–Crippen MR) is 94.6 cm³/mol. The molecule has 1 atom stereocenters. The number of aryl methyl sites for hydroxylation is 3. The minimum absolute atomic E-state index is 0.0165. The van der Waals surface area contributed by atoms with Crippen molar-refractivity contribution in [3.8, 4) is 0 Å². The Kier molecular flexibility index (Phi) is 5.30. The van der Waals surface area contributed by atoms with Gasteiger partial charge < -0.3 is 10.1 Å². The second kappa shape index (κ2) is 7.44. The lowest BCUT2D eigenvalue weighted by atomic mass is 9.97. The summed E-state index contributed by atoms with van der Waals surface area (Å²) in [6, 6.07) is -0.0382. The van der Waals surface area contributed by atoms with Crippen LogP contribution in [0.4, 0.5) is 0 Å². The van der Waals surface area contributed by atoms with Crippen LogP contribution >= 0.6 is 11.3 Å². The van der Waals surface area contributed by atoms with Gasteiger partial charge in [-0.15, -0.1) is 11.3 Å². The van der Waals surface area contributed by atoms with Gasteiger partial charge in [-0.05, 0) is 38.2 Å². The Labute approximate surface area is 144 Å². The van der Waals surface area contributed by atoms with E-state index in [2.05, 4.69) is 10.3 Å². The first-order valence-corrected chi connectivity index (χ1v) is 9.19. The fraction of sp³-hybridized carbons (Fsp3) is 0.588. The zero-order valence-corrected chi connectivity index (χ0v) is 14.9. The number of aromatic nitrogens is 2. The maximum atomic E-state index is 12.8. The number of nitrogens with one attached hydrogen (secondary N) is 1. The van der Waals surface area contributed by atoms with Gasteiger partial charge in [-0.25, -0.2) is 4.98 Å². The molecule has 0 fully saturated rings. The molecule has 130 valence electrons. The quantitative estimate of drug-likeness (QED) is 0.864. The van der Waals surface area contributed by atoms with Crippen LogP contribution in [0.25, 0.3) is 10.2 Å².